The lowest BCUT2D eigenvalue weighted by Gasteiger charge is -2.24. The van der Waals surface area contributed by atoms with Crippen molar-refractivity contribution in [2.75, 3.05) is 23.4 Å². The fourth-order valence-electron chi connectivity index (χ4n) is 4.61. The van der Waals surface area contributed by atoms with Crippen molar-refractivity contribution in [2.45, 2.75) is 45.3 Å². The van der Waals surface area contributed by atoms with Crippen LogP contribution in [0.15, 0.2) is 72.8 Å². The number of aliphatic hydroxyl groups excluding tert-OH is 1. The number of hydrogen-bond donors (Lipinski definition) is 3. The third kappa shape index (κ3) is 8.58. The van der Waals surface area contributed by atoms with Crippen LogP contribution in [0.3, 0.4) is 0 Å². The molecule has 1 atom stereocenters. The van der Waals surface area contributed by atoms with Crippen molar-refractivity contribution in [3.05, 3.63) is 99.5 Å². The largest absolute Gasteiger partial charge is 0.464 e. The van der Waals surface area contributed by atoms with Crippen LogP contribution in [-0.4, -0.2) is 42.3 Å². The molecular formula is C32H33Cl2N3O5. The maximum absolute atomic E-state index is 13.5. The molecule has 0 aromatic heterocycles. The highest BCUT2D eigenvalue weighted by atomic mass is 35.5. The predicted molar refractivity (Wildman–Crippen MR) is 166 cm³/mol. The molecule has 3 amide bonds. The van der Waals surface area contributed by atoms with Crippen molar-refractivity contribution in [2.24, 2.45) is 0 Å². The van der Waals surface area contributed by atoms with Gasteiger partial charge in [0.2, 0.25) is 0 Å². The van der Waals surface area contributed by atoms with E-state index >= 15 is 0 Å². The van der Waals surface area contributed by atoms with Crippen LogP contribution >= 0.6 is 23.2 Å². The Labute approximate surface area is 255 Å². The number of allylic oxidation sites excluding steroid dienone is 2. The number of carbonyl (C=O) groups excluding carboxylic acids is 3. The Kier molecular flexibility index (Phi) is 11.0. The van der Waals surface area contributed by atoms with E-state index in [0.29, 0.717) is 27.0 Å². The molecule has 0 fully saturated rings. The molecule has 1 aliphatic rings. The average molecular weight is 611 g/mol. The highest BCUT2D eigenvalue weighted by Gasteiger charge is 2.20. The van der Waals surface area contributed by atoms with Gasteiger partial charge in [-0.3, -0.25) is 9.69 Å². The zero-order valence-electron chi connectivity index (χ0n) is 23.2. The molecule has 220 valence electrons. The Morgan fingerprint density at radius 2 is 1.67 bits per heavy atom. The lowest BCUT2D eigenvalue weighted by molar-refractivity contribution is -0.152. The summed E-state index contributed by atoms with van der Waals surface area (Å²) in [5, 5.41) is 16.0. The molecule has 4 rings (SSSR count). The van der Waals surface area contributed by atoms with Gasteiger partial charge in [0, 0.05) is 27.0 Å². The topological polar surface area (TPSA) is 108 Å². The van der Waals surface area contributed by atoms with Gasteiger partial charge < -0.3 is 20.5 Å². The van der Waals surface area contributed by atoms with Gasteiger partial charge in [0.25, 0.3) is 5.91 Å². The Morgan fingerprint density at radius 3 is 2.29 bits per heavy atom. The SMILES string of the molecule is CCOC(=O)[C@@H](O)CNC(=O)c1ccc(CN(C(=O)Nc2cc(Cl)cc(Cl)c2)c2ccc(C3=CCCCC3)cc2)cc1. The van der Waals surface area contributed by atoms with Crippen LogP contribution in [0.5, 0.6) is 0 Å². The van der Waals surface area contributed by atoms with E-state index in [1.807, 2.05) is 24.3 Å². The van der Waals surface area contributed by atoms with Gasteiger partial charge >= 0.3 is 12.0 Å². The maximum Gasteiger partial charge on any atom is 0.336 e. The number of carbonyl (C=O) groups is 3. The predicted octanol–water partition coefficient (Wildman–Crippen LogP) is 6.84. The Morgan fingerprint density at radius 1 is 0.976 bits per heavy atom. The van der Waals surface area contributed by atoms with Gasteiger partial charge in [0.1, 0.15) is 0 Å². The van der Waals surface area contributed by atoms with Gasteiger partial charge in [-0.25, -0.2) is 9.59 Å². The molecule has 3 N–H and O–H groups in total. The molecule has 0 saturated carbocycles. The number of ether oxygens (including phenoxy) is 1. The molecule has 0 bridgehead atoms. The summed E-state index contributed by atoms with van der Waals surface area (Å²) in [5.41, 5.74) is 4.73. The molecule has 0 spiro atoms. The number of aliphatic hydroxyl groups is 1. The molecular weight excluding hydrogens is 577 g/mol. The highest BCUT2D eigenvalue weighted by Crippen LogP contribution is 2.29. The Hall–Kier alpha value is -3.85. The summed E-state index contributed by atoms with van der Waals surface area (Å²) in [6.07, 6.45) is 5.33. The molecule has 3 aromatic rings. The first-order valence-corrected chi connectivity index (χ1v) is 14.5. The number of amides is 3. The first-order chi connectivity index (χ1) is 20.2. The molecule has 3 aromatic carbocycles. The third-order valence-corrected chi connectivity index (χ3v) is 7.21. The summed E-state index contributed by atoms with van der Waals surface area (Å²) >= 11 is 12.3. The summed E-state index contributed by atoms with van der Waals surface area (Å²) in [4.78, 5) is 39.3. The number of rotatable bonds is 10. The minimum absolute atomic E-state index is 0.134. The van der Waals surface area contributed by atoms with Crippen molar-refractivity contribution in [3.63, 3.8) is 0 Å². The van der Waals surface area contributed by atoms with Crippen molar-refractivity contribution in [3.8, 4) is 0 Å². The van der Waals surface area contributed by atoms with Gasteiger partial charge in [-0.15, -0.1) is 0 Å². The normalized spacial score (nSPS) is 13.5. The van der Waals surface area contributed by atoms with Crippen molar-refractivity contribution >= 4 is 58.1 Å². The van der Waals surface area contributed by atoms with Crippen molar-refractivity contribution in [1.82, 2.24) is 5.32 Å². The van der Waals surface area contributed by atoms with Crippen LogP contribution in [0, 0.1) is 0 Å². The van der Waals surface area contributed by atoms with E-state index in [2.05, 4.69) is 16.7 Å². The van der Waals surface area contributed by atoms with E-state index in [-0.39, 0.29) is 25.7 Å². The fraction of sp³-hybridized carbons (Fsp3) is 0.281. The van der Waals surface area contributed by atoms with Crippen molar-refractivity contribution in [1.29, 1.82) is 0 Å². The van der Waals surface area contributed by atoms with Crippen LogP contribution in [0.1, 0.15) is 54.1 Å². The number of hydrogen-bond acceptors (Lipinski definition) is 5. The second-order valence-corrected chi connectivity index (χ2v) is 10.7. The number of nitrogens with zero attached hydrogens (tertiary/aromatic N) is 1. The van der Waals surface area contributed by atoms with E-state index in [4.69, 9.17) is 27.9 Å². The molecule has 0 aliphatic heterocycles. The summed E-state index contributed by atoms with van der Waals surface area (Å²) in [7, 11) is 0. The van der Waals surface area contributed by atoms with E-state index in [0.717, 1.165) is 24.0 Å². The number of anilines is 2. The van der Waals surface area contributed by atoms with Gasteiger partial charge in [-0.1, -0.05) is 53.5 Å². The molecule has 1 aliphatic carbocycles. The van der Waals surface area contributed by atoms with E-state index in [1.54, 1.807) is 54.3 Å². The first-order valence-electron chi connectivity index (χ1n) is 13.8. The van der Waals surface area contributed by atoms with Gasteiger partial charge in [0.15, 0.2) is 6.10 Å². The van der Waals surface area contributed by atoms with E-state index < -0.39 is 18.0 Å². The van der Waals surface area contributed by atoms with Crippen LogP contribution in [0.25, 0.3) is 5.57 Å². The molecule has 10 heteroatoms. The summed E-state index contributed by atoms with van der Waals surface area (Å²) in [6.45, 7) is 1.71. The van der Waals surface area contributed by atoms with E-state index in [1.165, 1.54) is 18.4 Å². The van der Waals surface area contributed by atoms with Gasteiger partial charge in [-0.2, -0.15) is 0 Å². The second kappa shape index (κ2) is 14.9. The highest BCUT2D eigenvalue weighted by molar-refractivity contribution is 6.35. The second-order valence-electron chi connectivity index (χ2n) is 9.87. The lowest BCUT2D eigenvalue weighted by Crippen LogP contribution is -2.37. The molecule has 0 unspecified atom stereocenters. The zero-order valence-corrected chi connectivity index (χ0v) is 24.8. The van der Waals surface area contributed by atoms with E-state index in [9.17, 15) is 19.5 Å². The number of esters is 1. The zero-order chi connectivity index (χ0) is 30.1. The summed E-state index contributed by atoms with van der Waals surface area (Å²) in [6, 6.07) is 19.1. The molecule has 0 saturated heterocycles. The molecule has 0 heterocycles. The first kappa shape index (κ1) is 31.1. The molecule has 42 heavy (non-hydrogen) atoms. The minimum atomic E-state index is -1.45. The summed E-state index contributed by atoms with van der Waals surface area (Å²) < 4.78 is 4.74. The van der Waals surface area contributed by atoms with Crippen LogP contribution < -0.4 is 15.5 Å². The van der Waals surface area contributed by atoms with Crippen LogP contribution in [0.4, 0.5) is 16.2 Å². The number of benzene rings is 3. The molecule has 0 radical (unpaired) electrons. The third-order valence-electron chi connectivity index (χ3n) is 6.77. The average Bonchev–Trinajstić information content (AvgIpc) is 2.99. The number of nitrogens with one attached hydrogen (secondary N) is 2. The molecule has 8 nitrogen and oxygen atoms in total. The quantitative estimate of drug-likeness (QED) is 0.218. The maximum atomic E-state index is 13.5. The minimum Gasteiger partial charge on any atom is -0.464 e. The van der Waals surface area contributed by atoms with Crippen LogP contribution in [-0.2, 0) is 16.1 Å². The number of halogens is 2. The van der Waals surface area contributed by atoms with Gasteiger partial charge in [0.05, 0.1) is 19.7 Å². The number of urea groups is 1. The Balaban J connectivity index is 1.50. The van der Waals surface area contributed by atoms with Crippen LogP contribution in [0.2, 0.25) is 10.0 Å². The van der Waals surface area contributed by atoms with Crippen molar-refractivity contribution < 1.29 is 24.2 Å². The monoisotopic (exact) mass is 609 g/mol. The van der Waals surface area contributed by atoms with Gasteiger partial charge in [-0.05, 0) is 91.8 Å². The Bertz CT molecular complexity index is 1420. The fourth-order valence-corrected chi connectivity index (χ4v) is 5.14. The smallest absolute Gasteiger partial charge is 0.336 e. The standard InChI is InChI=1S/C32H33Cl2N3O5/c1-2-42-31(40)29(38)19-35-30(39)24-10-8-21(9-11-24)20-37(32(41)36-27-17-25(33)16-26(34)18-27)28-14-12-23(13-15-28)22-6-4-3-5-7-22/h6,8-18,29,38H,2-5,7,19-20H2,1H3,(H,35,39)(H,36,41)/t29-/m0/s1. The lowest BCUT2D eigenvalue weighted by atomic mass is 9.93. The summed E-state index contributed by atoms with van der Waals surface area (Å²) in [5.74, 6) is -1.25.